The lowest BCUT2D eigenvalue weighted by atomic mass is 9.80. The predicted molar refractivity (Wildman–Crippen MR) is 461 cm³/mol. The van der Waals surface area contributed by atoms with E-state index in [4.69, 9.17) is 93.3 Å². The molecular formula is C89H131N13O24. The molecule has 8 heterocycles. The fraction of sp³-hybridized carbons (Fsp3) is 0.663. The fourth-order valence-corrected chi connectivity index (χ4v) is 16.5. The van der Waals surface area contributed by atoms with Gasteiger partial charge >= 0.3 is 12.1 Å². The number of aromatic nitrogens is 7. The maximum Gasteiger partial charge on any atom is 0.407 e. The van der Waals surface area contributed by atoms with E-state index in [0.29, 0.717) is 190 Å². The molecule has 126 heavy (non-hydrogen) atoms. The number of piperidine rings is 1. The molecule has 3 amide bonds. The average Bonchev–Trinajstić information content (AvgIpc) is 1.46. The van der Waals surface area contributed by atoms with Crippen LogP contribution in [-0.4, -0.2) is 307 Å². The first kappa shape index (κ1) is 99.4. The summed E-state index contributed by atoms with van der Waals surface area (Å²) in [4.78, 5) is 109. The topological polar surface area (TPSA) is 495 Å². The summed E-state index contributed by atoms with van der Waals surface area (Å²) in [5.74, 6) is -7.70. The second-order valence-electron chi connectivity index (χ2n) is 33.2. The van der Waals surface area contributed by atoms with Crippen molar-refractivity contribution in [1.29, 1.82) is 0 Å². The summed E-state index contributed by atoms with van der Waals surface area (Å²) in [6.45, 7) is 17.3. The number of amides is 3. The van der Waals surface area contributed by atoms with E-state index in [1.165, 1.54) is 13.4 Å². The number of carbonyl (C=O) groups excluding carboxylic acids is 6. The van der Waals surface area contributed by atoms with Crippen LogP contribution in [-0.2, 0) is 105 Å². The number of nitrogens with two attached hydrogens (primary N) is 3. The number of nitrogen functional groups attached to an aromatic ring is 2. The number of esters is 1. The van der Waals surface area contributed by atoms with Crippen LogP contribution in [0, 0.1) is 29.6 Å². The summed E-state index contributed by atoms with van der Waals surface area (Å²) in [6, 6.07) is 3.35. The molecule has 37 heteroatoms. The van der Waals surface area contributed by atoms with Crippen LogP contribution in [0.4, 0.5) is 16.6 Å². The largest absolute Gasteiger partial charge is 0.459 e. The minimum absolute atomic E-state index is 0.0141. The van der Waals surface area contributed by atoms with E-state index in [2.05, 4.69) is 25.3 Å². The standard InChI is InChI=1S/C89H131N13O24/c1-55-14-10-9-11-15-56(2)72(113-7)49-64-20-17-60(6)89(112,126-64)82(108)85(109)101-26-13-12-16-68(101)86(110)123-73(50-69(103)57(3)45-59(5)80(106)81(107)79(105)58(4)44-55)65(90)46-61-18-21-71(74(47-61)114-8)125-88(111)93-25-29-116-31-33-118-35-37-120-39-41-122-43-42-121-40-38-119-36-34-117-32-30-115-28-24-76(104)100-27-23-66-63(52-100)51-94-75(97-66)53-102-84-77(83(91)95-54-96-84)78(99-102)62-19-22-70-67(48-62)98-87(92)124-70/h9-11,14-15,19,22,45,48,51,54-55,57-58,60-61,64-65,68-69,71-74,80-81,103,106-107,112H,12-13,16-18,20-21,23-44,46-47,49-50,52-53,90H2,1-8H3,(H2,92,98)(H,93,111)(H2,91,95,96)/b11-9+,14-10+,56-15+,59-45+/t55-,57-,58-,60-,61+,64+,65-,68+,69-,71-,72+,73+,74-,80-,81+,89-/m1/s1. The van der Waals surface area contributed by atoms with Crippen LogP contribution < -0.4 is 22.5 Å². The van der Waals surface area contributed by atoms with E-state index in [0.717, 1.165) is 27.3 Å². The Balaban J connectivity index is 0.548. The van der Waals surface area contributed by atoms with Gasteiger partial charge in [-0.3, -0.25) is 19.2 Å². The number of ether oxygens (including phenoxy) is 13. The highest BCUT2D eigenvalue weighted by Crippen LogP contribution is 2.39. The number of nitrogens with zero attached hydrogens (tertiary/aromatic N) is 9. The molecule has 696 valence electrons. The van der Waals surface area contributed by atoms with Gasteiger partial charge in [0.25, 0.3) is 17.7 Å². The third-order valence-corrected chi connectivity index (χ3v) is 23.9. The number of Topliss-reactive ketones (excluding diaryl/α,β-unsaturated/α-hetero) is 2. The van der Waals surface area contributed by atoms with Gasteiger partial charge in [0.15, 0.2) is 17.0 Å². The Morgan fingerprint density at radius 1 is 0.714 bits per heavy atom. The monoisotopic (exact) mass is 1770 g/mol. The van der Waals surface area contributed by atoms with E-state index >= 15 is 0 Å². The number of cyclic esters (lactones) is 1. The van der Waals surface area contributed by atoms with E-state index in [1.807, 2.05) is 56.4 Å². The maximum atomic E-state index is 14.7. The molecule has 0 spiro atoms. The number of aliphatic hydroxyl groups is 4. The van der Waals surface area contributed by atoms with Crippen molar-refractivity contribution in [2.24, 2.45) is 35.3 Å². The van der Waals surface area contributed by atoms with Crippen LogP contribution in [0.25, 0.3) is 33.4 Å². The second kappa shape index (κ2) is 50.3. The first-order chi connectivity index (χ1) is 60.7. The van der Waals surface area contributed by atoms with Crippen LogP contribution in [0.5, 0.6) is 0 Å². The van der Waals surface area contributed by atoms with E-state index in [-0.39, 0.29) is 107 Å². The van der Waals surface area contributed by atoms with E-state index < -0.39 is 114 Å². The normalized spacial score (nSPS) is 27.7. The summed E-state index contributed by atoms with van der Waals surface area (Å²) < 4.78 is 82.2. The Kier molecular flexibility index (Phi) is 39.7. The number of rotatable bonds is 36. The number of ketones is 2. The lowest BCUT2D eigenvalue weighted by Crippen LogP contribution is -2.61. The number of benzene rings is 1. The quantitative estimate of drug-likeness (QED) is 0.0102. The van der Waals surface area contributed by atoms with Gasteiger partial charge in [-0.2, -0.15) is 10.1 Å². The van der Waals surface area contributed by atoms with Gasteiger partial charge in [0.2, 0.25) is 11.7 Å². The first-order valence-corrected chi connectivity index (χ1v) is 44.1. The molecule has 1 aromatic carbocycles. The van der Waals surface area contributed by atoms with Gasteiger partial charge < -0.3 is 119 Å². The van der Waals surface area contributed by atoms with Crippen LogP contribution >= 0.6 is 0 Å². The zero-order valence-electron chi connectivity index (χ0n) is 74.0. The Morgan fingerprint density at radius 3 is 2.06 bits per heavy atom. The molecule has 2 bridgehead atoms. The molecule has 2 saturated heterocycles. The van der Waals surface area contributed by atoms with Crippen LogP contribution in [0.3, 0.4) is 0 Å². The molecule has 11 N–H and O–H groups in total. The SMILES string of the molecule is CO[C@H]1C[C@@H]2CC[C@@H](C)[C@@](O)(O2)C(=O)C(=O)N2CCCC[C@H]2C(=O)O[C@H]([C@H](N)C[C@@H]2CC[C@@H](OC(=O)NCCOCCOCCOCCOCCOCCOCCOCCOCCC(=O)N3CCc4nc(Cn5nc(-c6ccc7oc(N)nc7c6)c6c(N)ncnc65)ncc4C3)[C@H](OC)C2)C[C@@H](O)[C@H](C)/C=C(\C)[C@@H](O)[C@@H](O)C(=O)[C@H](C)C[C@H](C)/C=C/C=C/C=C/1C. The molecule has 0 radical (unpaired) electrons. The van der Waals surface area contributed by atoms with Crippen molar-refractivity contribution in [3.05, 3.63) is 95.4 Å². The van der Waals surface area contributed by atoms with Gasteiger partial charge in [-0.05, 0) is 119 Å². The molecule has 10 rings (SSSR count). The number of anilines is 2. The Hall–Kier alpha value is -8.74. The van der Waals surface area contributed by atoms with E-state index in [9.17, 15) is 49.2 Å². The fourth-order valence-electron chi connectivity index (χ4n) is 16.5. The molecule has 37 nitrogen and oxygen atoms in total. The van der Waals surface area contributed by atoms with Crippen LogP contribution in [0.15, 0.2) is 82.7 Å². The molecule has 1 aliphatic carbocycles. The third kappa shape index (κ3) is 28.9. The van der Waals surface area contributed by atoms with Crippen molar-refractivity contribution in [2.75, 3.05) is 151 Å². The Morgan fingerprint density at radius 2 is 1.39 bits per heavy atom. The molecule has 0 unspecified atom stereocenters. The van der Waals surface area contributed by atoms with Gasteiger partial charge in [-0.25, -0.2) is 34.2 Å². The highest BCUT2D eigenvalue weighted by atomic mass is 16.6. The summed E-state index contributed by atoms with van der Waals surface area (Å²) >= 11 is 0. The number of fused-ring (bicyclic) bond motifs is 6. The molecule has 5 aliphatic rings. The number of oxazole rings is 1. The molecule has 3 fully saturated rings. The van der Waals surface area contributed by atoms with Crippen molar-refractivity contribution < 1.29 is 115 Å². The van der Waals surface area contributed by atoms with Crippen molar-refractivity contribution in [3.8, 4) is 11.3 Å². The Bertz CT molecular complexity index is 4450. The van der Waals surface area contributed by atoms with Gasteiger partial charge in [0, 0.05) is 101 Å². The van der Waals surface area contributed by atoms with Crippen molar-refractivity contribution in [3.63, 3.8) is 0 Å². The zero-order chi connectivity index (χ0) is 90.2. The summed E-state index contributed by atoms with van der Waals surface area (Å²) in [7, 11) is 3.07. The van der Waals surface area contributed by atoms with E-state index in [1.54, 1.807) is 62.7 Å². The third-order valence-electron chi connectivity index (χ3n) is 23.9. The number of nitrogens with one attached hydrogen (secondary N) is 1. The number of hydrogen-bond acceptors (Lipinski definition) is 33. The highest BCUT2D eigenvalue weighted by Gasteiger charge is 2.53. The zero-order valence-corrected chi connectivity index (χ0v) is 74.0. The average molecular weight is 1770 g/mol. The highest BCUT2D eigenvalue weighted by molar-refractivity contribution is 6.39. The first-order valence-electron chi connectivity index (χ1n) is 44.1. The van der Waals surface area contributed by atoms with Gasteiger partial charge in [-0.15, -0.1) is 0 Å². The molecule has 5 aromatic rings. The van der Waals surface area contributed by atoms with Gasteiger partial charge in [0.1, 0.15) is 66.2 Å². The minimum atomic E-state index is -2.50. The molecule has 4 aliphatic heterocycles. The lowest BCUT2D eigenvalue weighted by Gasteiger charge is -2.42. The van der Waals surface area contributed by atoms with Crippen molar-refractivity contribution >= 4 is 69.4 Å². The van der Waals surface area contributed by atoms with Gasteiger partial charge in [-0.1, -0.05) is 64.2 Å². The number of alkyl carbamates (subject to hydrolysis) is 1. The molecule has 1 saturated carbocycles. The molecule has 16 atom stereocenters. The van der Waals surface area contributed by atoms with Crippen molar-refractivity contribution in [1.82, 2.24) is 49.8 Å². The van der Waals surface area contributed by atoms with Crippen LogP contribution in [0.1, 0.15) is 142 Å². The number of carbonyl (C=O) groups is 6. The number of aliphatic hydroxyl groups excluding tert-OH is 3. The summed E-state index contributed by atoms with van der Waals surface area (Å²) in [5.41, 5.74) is 25.0. The van der Waals surface area contributed by atoms with Crippen molar-refractivity contribution in [2.45, 2.75) is 211 Å². The number of methoxy groups -OCH3 is 2. The molecule has 4 aromatic heterocycles. The number of allylic oxidation sites excluding steroid dienone is 5. The smallest absolute Gasteiger partial charge is 0.407 e. The Labute approximate surface area is 735 Å². The maximum absolute atomic E-state index is 14.7. The van der Waals surface area contributed by atoms with Gasteiger partial charge in [0.05, 0.1) is 148 Å². The molecular weight excluding hydrogens is 1640 g/mol. The lowest BCUT2D eigenvalue weighted by molar-refractivity contribution is -0.265. The summed E-state index contributed by atoms with van der Waals surface area (Å²) in [5, 5.41) is 54.8. The summed E-state index contributed by atoms with van der Waals surface area (Å²) in [6.07, 6.45) is 10.2. The number of hydrogen-bond donors (Lipinski definition) is 8. The minimum Gasteiger partial charge on any atom is -0.459 e. The van der Waals surface area contributed by atoms with Crippen LogP contribution in [0.2, 0.25) is 0 Å². The predicted octanol–water partition coefficient (Wildman–Crippen LogP) is 5.80. The second-order valence-corrected chi connectivity index (χ2v) is 33.2.